The molecule has 5 nitrogen and oxygen atoms in total. The van der Waals surface area contributed by atoms with E-state index < -0.39 is 5.60 Å². The van der Waals surface area contributed by atoms with Crippen LogP contribution in [0.1, 0.15) is 37.7 Å². The van der Waals surface area contributed by atoms with Crippen LogP contribution in [0.25, 0.3) is 17.1 Å². The number of nitrogens with zero attached hydrogens (tertiary/aromatic N) is 1. The van der Waals surface area contributed by atoms with Crippen molar-refractivity contribution in [2.24, 2.45) is 23.5 Å². The fraction of sp³-hybridized carbons (Fsp3) is 0.526. The molecule has 2 aromatic rings. The van der Waals surface area contributed by atoms with E-state index in [-0.39, 0.29) is 0 Å². The van der Waals surface area contributed by atoms with Crippen LogP contribution in [-0.4, -0.2) is 26.7 Å². The third-order valence-electron chi connectivity index (χ3n) is 6.44. The molecule has 4 aliphatic rings. The summed E-state index contributed by atoms with van der Waals surface area (Å²) in [6, 6.07) is 2.51. The normalized spacial score (nSPS) is 37.5. The van der Waals surface area contributed by atoms with Crippen molar-refractivity contribution in [2.75, 3.05) is 5.32 Å². The number of hydrogen-bond acceptors (Lipinski definition) is 4. The second kappa shape index (κ2) is 4.99. The van der Waals surface area contributed by atoms with Gasteiger partial charge in [0.05, 0.1) is 11.3 Å². The Morgan fingerprint density at radius 2 is 2.08 bits per heavy atom. The van der Waals surface area contributed by atoms with Crippen molar-refractivity contribution in [3.8, 4) is 0 Å². The summed E-state index contributed by atoms with van der Waals surface area (Å²) >= 11 is 0. The van der Waals surface area contributed by atoms with E-state index in [4.69, 9.17) is 5.73 Å². The Morgan fingerprint density at radius 1 is 1.29 bits per heavy atom. The molecule has 126 valence electrons. The van der Waals surface area contributed by atoms with E-state index in [0.29, 0.717) is 17.9 Å². The molecule has 0 aromatic carbocycles. The molecule has 24 heavy (non-hydrogen) atoms. The summed E-state index contributed by atoms with van der Waals surface area (Å²) in [5.41, 5.74) is 8.29. The Labute approximate surface area is 141 Å². The molecule has 2 aromatic heterocycles. The molecule has 0 spiro atoms. The molecule has 5 N–H and O–H groups in total. The Morgan fingerprint density at radius 3 is 2.79 bits per heavy atom. The first-order valence-corrected chi connectivity index (χ1v) is 8.98. The highest BCUT2D eigenvalue weighted by Crippen LogP contribution is 2.56. The minimum atomic E-state index is -0.393. The van der Waals surface area contributed by atoms with Gasteiger partial charge in [-0.2, -0.15) is 0 Å². The van der Waals surface area contributed by atoms with Crippen LogP contribution in [0, 0.1) is 17.8 Å². The highest BCUT2D eigenvalue weighted by atomic mass is 16.3. The molecule has 4 bridgehead atoms. The molecule has 2 heterocycles. The lowest BCUT2D eigenvalue weighted by Crippen LogP contribution is -2.59. The lowest BCUT2D eigenvalue weighted by atomic mass is 9.52. The maximum atomic E-state index is 10.8. The average molecular weight is 324 g/mol. The first-order chi connectivity index (χ1) is 11.6. The zero-order valence-electron chi connectivity index (χ0n) is 13.7. The summed E-state index contributed by atoms with van der Waals surface area (Å²) in [4.78, 5) is 7.66. The van der Waals surface area contributed by atoms with Crippen molar-refractivity contribution in [3.63, 3.8) is 0 Å². The van der Waals surface area contributed by atoms with Crippen LogP contribution in [0.4, 0.5) is 5.69 Å². The second-order valence-electron chi connectivity index (χ2n) is 8.05. The van der Waals surface area contributed by atoms with Crippen molar-refractivity contribution in [1.82, 2.24) is 9.97 Å². The van der Waals surface area contributed by atoms with Crippen molar-refractivity contribution in [2.45, 2.75) is 43.7 Å². The Hall–Kier alpha value is -2.01. The number of hydrogen-bond donors (Lipinski definition) is 4. The highest BCUT2D eigenvalue weighted by molar-refractivity contribution is 5.94. The predicted octanol–water partition coefficient (Wildman–Crippen LogP) is 2.84. The van der Waals surface area contributed by atoms with E-state index in [1.807, 2.05) is 18.5 Å². The molecular formula is C19H24N4O. The molecular weight excluding hydrogens is 300 g/mol. The molecule has 5 heteroatoms. The molecule has 4 saturated carbocycles. The Balaban J connectivity index is 1.53. The third kappa shape index (κ3) is 2.07. The van der Waals surface area contributed by atoms with Gasteiger partial charge in [-0.05, 0) is 68.2 Å². The smallest absolute Gasteiger partial charge is 0.139 e. The summed E-state index contributed by atoms with van der Waals surface area (Å²) in [5.74, 6) is 1.86. The summed E-state index contributed by atoms with van der Waals surface area (Å²) < 4.78 is 0. The minimum Gasteiger partial charge on any atom is -0.405 e. The topological polar surface area (TPSA) is 87.0 Å². The number of rotatable bonds is 3. The van der Waals surface area contributed by atoms with E-state index >= 15 is 0 Å². The van der Waals surface area contributed by atoms with Crippen LogP contribution >= 0.6 is 0 Å². The van der Waals surface area contributed by atoms with Gasteiger partial charge in [-0.3, -0.25) is 0 Å². The van der Waals surface area contributed by atoms with Crippen molar-refractivity contribution < 1.29 is 5.11 Å². The third-order valence-corrected chi connectivity index (χ3v) is 6.44. The van der Waals surface area contributed by atoms with Crippen LogP contribution in [0.3, 0.4) is 0 Å². The molecule has 0 saturated heterocycles. The van der Waals surface area contributed by atoms with E-state index in [0.717, 1.165) is 47.5 Å². The first kappa shape index (κ1) is 14.3. The number of fused-ring (bicyclic) bond motifs is 1. The number of aromatic amines is 1. The molecule has 4 aliphatic carbocycles. The number of H-pyrrole nitrogens is 1. The number of nitrogens with one attached hydrogen (secondary N) is 2. The van der Waals surface area contributed by atoms with Crippen LogP contribution in [0.2, 0.25) is 0 Å². The van der Waals surface area contributed by atoms with Gasteiger partial charge in [-0.1, -0.05) is 0 Å². The zero-order chi connectivity index (χ0) is 16.3. The van der Waals surface area contributed by atoms with Gasteiger partial charge >= 0.3 is 0 Å². The van der Waals surface area contributed by atoms with Crippen LogP contribution in [-0.2, 0) is 0 Å². The fourth-order valence-corrected chi connectivity index (χ4v) is 5.80. The molecule has 4 fully saturated rings. The minimum absolute atomic E-state index is 0.393. The van der Waals surface area contributed by atoms with E-state index in [9.17, 15) is 5.11 Å². The first-order valence-electron chi connectivity index (χ1n) is 8.98. The maximum Gasteiger partial charge on any atom is 0.139 e. The van der Waals surface area contributed by atoms with Gasteiger partial charge in [0.2, 0.25) is 0 Å². The van der Waals surface area contributed by atoms with Crippen molar-refractivity contribution in [3.05, 3.63) is 30.2 Å². The average Bonchev–Trinajstić information content (AvgIpc) is 2.99. The van der Waals surface area contributed by atoms with Crippen molar-refractivity contribution >= 4 is 22.8 Å². The van der Waals surface area contributed by atoms with Gasteiger partial charge in [0.15, 0.2) is 0 Å². The summed E-state index contributed by atoms with van der Waals surface area (Å²) in [6.45, 7) is 0. The van der Waals surface area contributed by atoms with E-state index in [1.54, 1.807) is 6.20 Å². The number of nitrogens with two attached hydrogens (primary N) is 1. The number of aromatic nitrogens is 2. The van der Waals surface area contributed by atoms with Gasteiger partial charge in [-0.15, -0.1) is 0 Å². The summed E-state index contributed by atoms with van der Waals surface area (Å²) in [5, 5.41) is 15.7. The zero-order valence-corrected chi connectivity index (χ0v) is 13.7. The molecule has 2 atom stereocenters. The Bertz CT molecular complexity index is 795. The predicted molar refractivity (Wildman–Crippen MR) is 95.2 cm³/mol. The summed E-state index contributed by atoms with van der Waals surface area (Å²) in [7, 11) is 0. The van der Waals surface area contributed by atoms with Gasteiger partial charge in [0.25, 0.3) is 0 Å². The number of aliphatic hydroxyl groups is 1. The fourth-order valence-electron chi connectivity index (χ4n) is 5.80. The van der Waals surface area contributed by atoms with Crippen LogP contribution < -0.4 is 11.1 Å². The highest BCUT2D eigenvalue weighted by Gasteiger charge is 2.54. The van der Waals surface area contributed by atoms with Gasteiger partial charge in [0, 0.05) is 29.4 Å². The lowest BCUT2D eigenvalue weighted by molar-refractivity contribution is -0.129. The van der Waals surface area contributed by atoms with Crippen LogP contribution in [0.15, 0.2) is 24.7 Å². The Kier molecular flexibility index (Phi) is 2.98. The number of pyridine rings is 1. The largest absolute Gasteiger partial charge is 0.405 e. The SMILES string of the molecule is N/C=C/c1cnc2[nH]ccc2c1NC1C2CC3CC1CC(O)(C3)C2. The molecule has 2 unspecified atom stereocenters. The monoisotopic (exact) mass is 324 g/mol. The van der Waals surface area contributed by atoms with Gasteiger partial charge in [0.1, 0.15) is 5.65 Å². The quantitative estimate of drug-likeness (QED) is 0.699. The van der Waals surface area contributed by atoms with Crippen LogP contribution in [0.5, 0.6) is 0 Å². The number of anilines is 1. The standard InChI is InChI=1S/C19H24N4O/c20-3-1-12-10-22-18-15(2-4-21-18)17(12)23-16-13-5-11-6-14(16)9-19(24,7-11)8-13/h1-4,10-11,13-14,16,24H,5-9,20H2,(H2,21,22,23)/b3-1+. The summed E-state index contributed by atoms with van der Waals surface area (Å²) in [6.07, 6.45) is 12.7. The second-order valence-corrected chi connectivity index (χ2v) is 8.05. The van der Waals surface area contributed by atoms with E-state index in [1.165, 1.54) is 12.8 Å². The lowest BCUT2D eigenvalue weighted by Gasteiger charge is -2.58. The van der Waals surface area contributed by atoms with Gasteiger partial charge < -0.3 is 21.1 Å². The van der Waals surface area contributed by atoms with E-state index in [2.05, 4.69) is 21.4 Å². The molecule has 6 rings (SSSR count). The van der Waals surface area contributed by atoms with Gasteiger partial charge in [-0.25, -0.2) is 4.98 Å². The molecule has 0 radical (unpaired) electrons. The molecule has 0 amide bonds. The molecule has 0 aliphatic heterocycles. The maximum absolute atomic E-state index is 10.8. The van der Waals surface area contributed by atoms with Crippen molar-refractivity contribution in [1.29, 1.82) is 0 Å².